The van der Waals surface area contributed by atoms with Crippen molar-refractivity contribution in [1.82, 2.24) is 0 Å². The van der Waals surface area contributed by atoms with Crippen molar-refractivity contribution < 1.29 is 0 Å². The predicted molar refractivity (Wildman–Crippen MR) is 285 cm³/mol. The molecule has 0 spiro atoms. The third-order valence-corrected chi connectivity index (χ3v) is 15.7. The maximum absolute atomic E-state index is 4.20. The molecule has 314 valence electrons. The van der Waals surface area contributed by atoms with E-state index in [1.165, 1.54) is 108 Å². The molecule has 0 amide bonds. The second-order valence-electron chi connectivity index (χ2n) is 18.8. The summed E-state index contributed by atoms with van der Waals surface area (Å²) >= 11 is 1.89. The summed E-state index contributed by atoms with van der Waals surface area (Å²) in [6, 6.07) is 55.1. The van der Waals surface area contributed by atoms with E-state index in [-0.39, 0.29) is 10.8 Å². The van der Waals surface area contributed by atoms with Gasteiger partial charge in [-0.2, -0.15) is 0 Å². The zero-order chi connectivity index (χ0) is 44.8. The zero-order valence-corrected chi connectivity index (χ0v) is 39.0. The SMILES string of the molecule is C=C/C=C(C(=C/C)/C(=C\C)C(=C/C=C)/c1ccc2c(c1)-c1ccc(-c3ccc4c(c3)C(C)(C)c3ccc5cc6sc7ccccc7c6cc5c3-4)cc1C2(C)C)\c1cccc2ccccc12. The number of hydrogen-bond acceptors (Lipinski definition) is 1. The zero-order valence-electron chi connectivity index (χ0n) is 38.1. The highest BCUT2D eigenvalue weighted by Gasteiger charge is 2.38. The Kier molecular flexibility index (Phi) is 9.58. The second kappa shape index (κ2) is 15.3. The van der Waals surface area contributed by atoms with E-state index in [4.69, 9.17) is 0 Å². The van der Waals surface area contributed by atoms with Crippen LogP contribution in [0.4, 0.5) is 0 Å². The molecule has 1 heteroatoms. The van der Waals surface area contributed by atoms with E-state index in [2.05, 4.69) is 225 Å². The van der Waals surface area contributed by atoms with Crippen LogP contribution in [0.5, 0.6) is 0 Å². The fourth-order valence-corrected chi connectivity index (χ4v) is 12.5. The molecule has 0 saturated heterocycles. The Morgan fingerprint density at radius 3 is 1.85 bits per heavy atom. The van der Waals surface area contributed by atoms with E-state index in [0.717, 1.165) is 22.3 Å². The maximum atomic E-state index is 4.20. The first-order chi connectivity index (χ1) is 31.6. The largest absolute Gasteiger partial charge is 0.135 e. The van der Waals surface area contributed by atoms with Crippen LogP contribution in [0.3, 0.4) is 0 Å². The lowest BCUT2D eigenvalue weighted by atomic mass is 9.80. The highest BCUT2D eigenvalue weighted by Crippen LogP contribution is 2.55. The molecule has 9 aromatic rings. The van der Waals surface area contributed by atoms with Crippen molar-refractivity contribution in [2.75, 3.05) is 0 Å². The van der Waals surface area contributed by atoms with E-state index in [0.29, 0.717) is 0 Å². The predicted octanol–water partition coefficient (Wildman–Crippen LogP) is 18.4. The average Bonchev–Trinajstić information content (AvgIpc) is 3.89. The molecule has 2 aliphatic carbocycles. The molecule has 65 heavy (non-hydrogen) atoms. The van der Waals surface area contributed by atoms with Gasteiger partial charge in [0.2, 0.25) is 0 Å². The maximum Gasteiger partial charge on any atom is 0.0361 e. The third-order valence-electron chi connectivity index (χ3n) is 14.6. The summed E-state index contributed by atoms with van der Waals surface area (Å²) in [5.74, 6) is 0. The van der Waals surface area contributed by atoms with Crippen LogP contribution < -0.4 is 0 Å². The summed E-state index contributed by atoms with van der Waals surface area (Å²) in [4.78, 5) is 0. The van der Waals surface area contributed by atoms with Crippen molar-refractivity contribution in [3.63, 3.8) is 0 Å². The highest BCUT2D eigenvalue weighted by molar-refractivity contribution is 7.25. The van der Waals surface area contributed by atoms with Crippen molar-refractivity contribution in [2.24, 2.45) is 0 Å². The molecule has 0 radical (unpaired) electrons. The molecule has 0 aliphatic heterocycles. The van der Waals surface area contributed by atoms with E-state index in [9.17, 15) is 0 Å². The van der Waals surface area contributed by atoms with Crippen molar-refractivity contribution in [3.05, 3.63) is 240 Å². The summed E-state index contributed by atoms with van der Waals surface area (Å²) in [5, 5.41) is 7.80. The van der Waals surface area contributed by atoms with Gasteiger partial charge in [0, 0.05) is 31.0 Å². The molecule has 0 N–H and O–H groups in total. The molecule has 0 saturated carbocycles. The monoisotopic (exact) mass is 852 g/mol. The van der Waals surface area contributed by atoms with Gasteiger partial charge in [0.1, 0.15) is 0 Å². The Hall–Kier alpha value is -7.06. The Morgan fingerprint density at radius 1 is 0.462 bits per heavy atom. The number of allylic oxidation sites excluding steroid dienone is 10. The minimum absolute atomic E-state index is 0.129. The van der Waals surface area contributed by atoms with E-state index in [1.807, 2.05) is 23.5 Å². The quantitative estimate of drug-likeness (QED) is 0.134. The summed E-state index contributed by atoms with van der Waals surface area (Å²) < 4.78 is 2.70. The molecule has 0 nitrogen and oxygen atoms in total. The van der Waals surface area contributed by atoms with Crippen LogP contribution in [-0.2, 0) is 10.8 Å². The summed E-state index contributed by atoms with van der Waals surface area (Å²) in [6.45, 7) is 22.2. The van der Waals surface area contributed by atoms with Gasteiger partial charge in [-0.3, -0.25) is 0 Å². The summed E-state index contributed by atoms with van der Waals surface area (Å²) in [5.41, 5.74) is 20.0. The van der Waals surface area contributed by atoms with Crippen molar-refractivity contribution in [1.29, 1.82) is 0 Å². The number of fused-ring (bicyclic) bond motifs is 12. The van der Waals surface area contributed by atoms with Crippen LogP contribution in [0, 0.1) is 0 Å². The highest BCUT2D eigenvalue weighted by atomic mass is 32.1. The minimum atomic E-state index is -0.171. The Balaban J connectivity index is 0.971. The van der Waals surface area contributed by atoms with Gasteiger partial charge < -0.3 is 0 Å². The number of hydrogen-bond donors (Lipinski definition) is 0. The summed E-state index contributed by atoms with van der Waals surface area (Å²) in [6.07, 6.45) is 12.6. The van der Waals surface area contributed by atoms with Gasteiger partial charge in [-0.15, -0.1) is 11.3 Å². The Morgan fingerprint density at radius 2 is 1.09 bits per heavy atom. The minimum Gasteiger partial charge on any atom is -0.135 e. The van der Waals surface area contributed by atoms with Crippen LogP contribution in [0.25, 0.3) is 86.2 Å². The molecular weight excluding hydrogens is 801 g/mol. The molecule has 0 unspecified atom stereocenters. The van der Waals surface area contributed by atoms with Crippen LogP contribution in [0.1, 0.15) is 74.9 Å². The number of benzene rings is 8. The van der Waals surface area contributed by atoms with Gasteiger partial charge in [-0.1, -0.05) is 187 Å². The van der Waals surface area contributed by atoms with Crippen LogP contribution in [-0.4, -0.2) is 0 Å². The molecule has 11 rings (SSSR count). The first-order valence-electron chi connectivity index (χ1n) is 22.9. The van der Waals surface area contributed by atoms with Crippen molar-refractivity contribution >= 4 is 64.2 Å². The summed E-state index contributed by atoms with van der Waals surface area (Å²) in [7, 11) is 0. The van der Waals surface area contributed by atoms with Gasteiger partial charge in [0.25, 0.3) is 0 Å². The van der Waals surface area contributed by atoms with Crippen LogP contribution in [0.2, 0.25) is 0 Å². The van der Waals surface area contributed by atoms with E-state index >= 15 is 0 Å². The molecule has 0 atom stereocenters. The smallest absolute Gasteiger partial charge is 0.0361 e. The lowest BCUT2D eigenvalue weighted by Gasteiger charge is -2.24. The van der Waals surface area contributed by atoms with Gasteiger partial charge >= 0.3 is 0 Å². The number of rotatable bonds is 8. The fraction of sp³-hybridized carbons (Fsp3) is 0.125. The lowest BCUT2D eigenvalue weighted by molar-refractivity contribution is 0.659. The molecule has 0 bridgehead atoms. The number of thiophene rings is 1. The fourth-order valence-electron chi connectivity index (χ4n) is 11.3. The normalized spacial score (nSPS) is 15.4. The molecule has 2 aliphatic rings. The third kappa shape index (κ3) is 6.17. The van der Waals surface area contributed by atoms with Gasteiger partial charge in [-0.25, -0.2) is 0 Å². The Bertz CT molecular complexity index is 3640. The topological polar surface area (TPSA) is 0 Å². The standard InChI is InChI=1S/C64H52S/c1-9-18-46(44(11-3)45(12-4)48(19-10-2)49-24-17-21-39-20-13-14-22-47(39)49)42-28-32-56-54(34-42)50-30-26-40(35-58(50)63(56,5)6)41-27-31-52-59(36-41)64(7,8)57-33-29-43-37-61-55(38-53(43)62(52)57)51-23-15-16-25-60(51)65-61/h9-38H,1-2H2,3-8H3/b44-11+,45-12+,46-18+,48-19-. The molecule has 1 aromatic heterocycles. The van der Waals surface area contributed by atoms with Gasteiger partial charge in [0.15, 0.2) is 0 Å². The molecular formula is C64H52S. The average molecular weight is 853 g/mol. The van der Waals surface area contributed by atoms with Crippen LogP contribution >= 0.6 is 11.3 Å². The van der Waals surface area contributed by atoms with Crippen molar-refractivity contribution in [3.8, 4) is 33.4 Å². The van der Waals surface area contributed by atoms with Gasteiger partial charge in [0.05, 0.1) is 0 Å². The lowest BCUT2D eigenvalue weighted by Crippen LogP contribution is -2.15. The first-order valence-corrected chi connectivity index (χ1v) is 23.7. The van der Waals surface area contributed by atoms with Crippen molar-refractivity contribution in [2.45, 2.75) is 52.4 Å². The van der Waals surface area contributed by atoms with E-state index in [1.54, 1.807) is 0 Å². The first kappa shape index (κ1) is 40.7. The second-order valence-corrected chi connectivity index (χ2v) is 19.8. The van der Waals surface area contributed by atoms with E-state index < -0.39 is 0 Å². The Labute approximate surface area is 387 Å². The molecule has 0 fully saturated rings. The van der Waals surface area contributed by atoms with Crippen LogP contribution in [0.15, 0.2) is 206 Å². The van der Waals surface area contributed by atoms with Gasteiger partial charge in [-0.05, 0) is 161 Å². The molecule has 8 aromatic carbocycles. The molecule has 1 heterocycles.